The first-order chi connectivity index (χ1) is 10.7. The van der Waals surface area contributed by atoms with E-state index >= 15 is 0 Å². The Morgan fingerprint density at radius 1 is 1.39 bits per heavy atom. The second-order valence-electron chi connectivity index (χ2n) is 5.33. The van der Waals surface area contributed by atoms with Gasteiger partial charge in [0.2, 0.25) is 0 Å². The molecule has 0 aliphatic rings. The van der Waals surface area contributed by atoms with Crippen molar-refractivity contribution in [1.29, 1.82) is 0 Å². The monoisotopic (exact) mass is 464 g/mol. The van der Waals surface area contributed by atoms with Gasteiger partial charge in [0, 0.05) is 29.0 Å². The first-order valence-electron chi connectivity index (χ1n) is 7.63. The van der Waals surface area contributed by atoms with Crippen LogP contribution in [0, 0.1) is 12.8 Å². The molecule has 0 aliphatic carbocycles. The van der Waals surface area contributed by atoms with E-state index in [1.165, 1.54) is 9.75 Å². The number of hydrogen-bond acceptors (Lipinski definition) is 4. The van der Waals surface area contributed by atoms with E-state index in [9.17, 15) is 0 Å². The third kappa shape index (κ3) is 7.63. The van der Waals surface area contributed by atoms with Gasteiger partial charge in [-0.15, -0.1) is 46.7 Å². The van der Waals surface area contributed by atoms with Crippen LogP contribution in [0.15, 0.2) is 28.7 Å². The van der Waals surface area contributed by atoms with E-state index < -0.39 is 0 Å². The molecular weight excluding hydrogens is 439 g/mol. The van der Waals surface area contributed by atoms with Gasteiger partial charge in [0.25, 0.3) is 0 Å². The van der Waals surface area contributed by atoms with Crippen molar-refractivity contribution in [2.45, 2.75) is 33.7 Å². The molecule has 4 nitrogen and oxygen atoms in total. The summed E-state index contributed by atoms with van der Waals surface area (Å²) in [6.07, 6.45) is 3.01. The van der Waals surface area contributed by atoms with E-state index in [-0.39, 0.29) is 24.0 Å². The molecule has 2 aromatic heterocycles. The number of aliphatic imine (C=N–C) groups is 1. The molecule has 0 saturated carbocycles. The second-order valence-corrected chi connectivity index (χ2v) is 7.68. The van der Waals surface area contributed by atoms with Gasteiger partial charge in [0.05, 0.1) is 6.54 Å². The normalized spacial score (nSPS) is 12.6. The van der Waals surface area contributed by atoms with Crippen LogP contribution in [0.2, 0.25) is 0 Å². The number of aromatic nitrogens is 1. The fourth-order valence-electron chi connectivity index (χ4n) is 2.08. The summed E-state index contributed by atoms with van der Waals surface area (Å²) >= 11 is 3.53. The Morgan fingerprint density at radius 2 is 2.22 bits per heavy atom. The van der Waals surface area contributed by atoms with Gasteiger partial charge in [0.1, 0.15) is 5.01 Å². The minimum absolute atomic E-state index is 0. The topological polar surface area (TPSA) is 49.3 Å². The van der Waals surface area contributed by atoms with Gasteiger partial charge in [-0.05, 0) is 37.6 Å². The molecule has 7 heteroatoms. The van der Waals surface area contributed by atoms with Crippen molar-refractivity contribution in [2.24, 2.45) is 10.9 Å². The lowest BCUT2D eigenvalue weighted by Crippen LogP contribution is -2.39. The number of nitrogens with one attached hydrogen (secondary N) is 2. The molecule has 2 N–H and O–H groups in total. The quantitative estimate of drug-likeness (QED) is 0.369. The lowest BCUT2D eigenvalue weighted by Gasteiger charge is -2.15. The van der Waals surface area contributed by atoms with Crippen LogP contribution in [0.1, 0.15) is 28.6 Å². The standard InChI is InChI=1S/C16H24N4S2.HI/c1-4-17-16(20-11-15-18-10-13(3)22-15)19-9-12(2)8-14-6-5-7-21-14;/h5-7,10,12H,4,8-9,11H2,1-3H3,(H2,17,19,20);1H. The molecular formula is C16H25IN4S2. The number of thiophene rings is 1. The highest BCUT2D eigenvalue weighted by molar-refractivity contribution is 14.0. The molecule has 2 heterocycles. The Bertz CT molecular complexity index is 581. The highest BCUT2D eigenvalue weighted by Gasteiger charge is 2.06. The van der Waals surface area contributed by atoms with Crippen LogP contribution < -0.4 is 10.6 Å². The predicted octanol–water partition coefficient (Wildman–Crippen LogP) is 4.06. The largest absolute Gasteiger partial charge is 0.357 e. The number of rotatable bonds is 7. The van der Waals surface area contributed by atoms with E-state index in [0.717, 1.165) is 30.5 Å². The van der Waals surface area contributed by atoms with Gasteiger partial charge in [-0.1, -0.05) is 13.0 Å². The smallest absolute Gasteiger partial charge is 0.191 e. The Labute approximate surface area is 163 Å². The second kappa shape index (κ2) is 11.0. The van der Waals surface area contributed by atoms with Crippen molar-refractivity contribution in [3.05, 3.63) is 38.5 Å². The molecule has 0 spiro atoms. The zero-order chi connectivity index (χ0) is 15.8. The third-order valence-corrected chi connectivity index (χ3v) is 4.93. The fraction of sp³-hybridized carbons (Fsp3) is 0.500. The highest BCUT2D eigenvalue weighted by atomic mass is 127. The summed E-state index contributed by atoms with van der Waals surface area (Å²) in [5.41, 5.74) is 0. The van der Waals surface area contributed by atoms with Gasteiger partial charge in [-0.2, -0.15) is 0 Å². The van der Waals surface area contributed by atoms with Crippen LogP contribution in [-0.2, 0) is 13.0 Å². The van der Waals surface area contributed by atoms with Crippen LogP contribution in [0.25, 0.3) is 0 Å². The minimum atomic E-state index is 0. The lowest BCUT2D eigenvalue weighted by atomic mass is 10.1. The van der Waals surface area contributed by atoms with Gasteiger partial charge in [0.15, 0.2) is 5.96 Å². The molecule has 1 unspecified atom stereocenters. The van der Waals surface area contributed by atoms with E-state index in [4.69, 9.17) is 0 Å². The summed E-state index contributed by atoms with van der Waals surface area (Å²) in [6.45, 7) is 8.83. The van der Waals surface area contributed by atoms with Crippen molar-refractivity contribution in [3.63, 3.8) is 0 Å². The third-order valence-electron chi connectivity index (χ3n) is 3.13. The Balaban J connectivity index is 0.00000264. The first-order valence-corrected chi connectivity index (χ1v) is 9.33. The van der Waals surface area contributed by atoms with Crippen molar-refractivity contribution in [1.82, 2.24) is 15.6 Å². The molecule has 0 amide bonds. The van der Waals surface area contributed by atoms with E-state index in [0.29, 0.717) is 12.5 Å². The van der Waals surface area contributed by atoms with E-state index in [2.05, 4.69) is 58.9 Å². The number of hydrogen-bond donors (Lipinski definition) is 2. The van der Waals surface area contributed by atoms with Crippen LogP contribution in [0.4, 0.5) is 0 Å². The average molecular weight is 464 g/mol. The number of thiazole rings is 1. The van der Waals surface area contributed by atoms with Crippen molar-refractivity contribution in [2.75, 3.05) is 13.1 Å². The first kappa shape index (κ1) is 20.4. The maximum absolute atomic E-state index is 4.61. The fourth-order valence-corrected chi connectivity index (χ4v) is 3.66. The van der Waals surface area contributed by atoms with Gasteiger partial charge in [-0.3, -0.25) is 0 Å². The van der Waals surface area contributed by atoms with Gasteiger partial charge in [-0.25, -0.2) is 9.98 Å². The van der Waals surface area contributed by atoms with E-state index in [1.54, 1.807) is 11.3 Å². The molecule has 0 fully saturated rings. The Hall–Kier alpha value is -0.670. The summed E-state index contributed by atoms with van der Waals surface area (Å²) in [5, 5.41) is 9.92. The molecule has 23 heavy (non-hydrogen) atoms. The lowest BCUT2D eigenvalue weighted by molar-refractivity contribution is 0.562. The van der Waals surface area contributed by atoms with Crippen LogP contribution in [0.3, 0.4) is 0 Å². The summed E-state index contributed by atoms with van der Waals surface area (Å²) in [5.74, 6) is 1.44. The summed E-state index contributed by atoms with van der Waals surface area (Å²) in [7, 11) is 0. The van der Waals surface area contributed by atoms with Crippen molar-refractivity contribution >= 4 is 52.6 Å². The molecule has 128 valence electrons. The maximum Gasteiger partial charge on any atom is 0.191 e. The Morgan fingerprint density at radius 3 is 2.83 bits per heavy atom. The van der Waals surface area contributed by atoms with Crippen molar-refractivity contribution < 1.29 is 0 Å². The zero-order valence-electron chi connectivity index (χ0n) is 13.8. The van der Waals surface area contributed by atoms with Gasteiger partial charge >= 0.3 is 0 Å². The summed E-state index contributed by atoms with van der Waals surface area (Å²) in [6, 6.07) is 4.31. The van der Waals surface area contributed by atoms with Crippen LogP contribution in [-0.4, -0.2) is 24.0 Å². The molecule has 0 bridgehead atoms. The molecule has 0 radical (unpaired) electrons. The van der Waals surface area contributed by atoms with Gasteiger partial charge < -0.3 is 10.6 Å². The Kier molecular flexibility index (Phi) is 9.73. The zero-order valence-corrected chi connectivity index (χ0v) is 17.8. The highest BCUT2D eigenvalue weighted by Crippen LogP contribution is 2.14. The van der Waals surface area contributed by atoms with E-state index in [1.807, 2.05) is 17.5 Å². The SMILES string of the molecule is CCNC(=NCc1ncc(C)s1)NCC(C)Cc1cccs1.I. The molecule has 2 aromatic rings. The van der Waals surface area contributed by atoms with Crippen LogP contribution >= 0.6 is 46.7 Å². The molecule has 1 atom stereocenters. The summed E-state index contributed by atoms with van der Waals surface area (Å²) < 4.78 is 0. The molecule has 0 saturated heterocycles. The predicted molar refractivity (Wildman–Crippen MR) is 112 cm³/mol. The number of halogens is 1. The average Bonchev–Trinajstić information content (AvgIpc) is 3.13. The molecule has 2 rings (SSSR count). The number of guanidine groups is 1. The summed E-state index contributed by atoms with van der Waals surface area (Å²) in [4.78, 5) is 11.6. The number of nitrogens with zero attached hydrogens (tertiary/aromatic N) is 2. The molecule has 0 aliphatic heterocycles. The minimum Gasteiger partial charge on any atom is -0.357 e. The van der Waals surface area contributed by atoms with Crippen LogP contribution in [0.5, 0.6) is 0 Å². The van der Waals surface area contributed by atoms with Crippen molar-refractivity contribution in [3.8, 4) is 0 Å². The number of aryl methyl sites for hydroxylation is 1. The maximum atomic E-state index is 4.61. The molecule has 0 aromatic carbocycles.